The molecular weight excluding hydrogens is 354 g/mol. The van der Waals surface area contributed by atoms with Gasteiger partial charge in [-0.25, -0.2) is 0 Å². The first-order chi connectivity index (χ1) is 13.7. The summed E-state index contributed by atoms with van der Waals surface area (Å²) in [5, 5.41) is 12.6. The largest absolute Gasteiger partial charge is 0.497 e. The van der Waals surface area contributed by atoms with E-state index in [9.17, 15) is 10.1 Å². The summed E-state index contributed by atoms with van der Waals surface area (Å²) in [7, 11) is 3.23. The fourth-order valence-corrected chi connectivity index (χ4v) is 4.67. The zero-order valence-electron chi connectivity index (χ0n) is 16.9. The van der Waals surface area contributed by atoms with Crippen LogP contribution in [0.1, 0.15) is 50.5 Å². The zero-order chi connectivity index (χ0) is 19.9. The number of piperidine rings is 1. The number of nitrogens with zero attached hydrogens (tertiary/aromatic N) is 2. The van der Waals surface area contributed by atoms with Gasteiger partial charge in [0.05, 0.1) is 26.7 Å². The van der Waals surface area contributed by atoms with Gasteiger partial charge in [0.15, 0.2) is 0 Å². The van der Waals surface area contributed by atoms with Gasteiger partial charge in [-0.15, -0.1) is 0 Å². The van der Waals surface area contributed by atoms with E-state index in [1.54, 1.807) is 14.2 Å². The molecule has 1 aromatic rings. The fraction of sp³-hybridized carbons (Fsp3) is 0.636. The molecule has 1 saturated carbocycles. The van der Waals surface area contributed by atoms with Crippen LogP contribution < -0.4 is 14.8 Å². The summed E-state index contributed by atoms with van der Waals surface area (Å²) in [6.07, 6.45) is 7.28. The molecule has 1 saturated heterocycles. The van der Waals surface area contributed by atoms with Crippen LogP contribution in [0.3, 0.4) is 0 Å². The topological polar surface area (TPSA) is 74.6 Å². The van der Waals surface area contributed by atoms with Gasteiger partial charge in [0.2, 0.25) is 5.91 Å². The van der Waals surface area contributed by atoms with Crippen molar-refractivity contribution in [2.45, 2.75) is 63.6 Å². The number of amides is 1. The Bertz CT molecular complexity index is 713. The SMILES string of the molecule is COc1ccc(CN[C@H](CC#N)C(=O)N2CCC[C@H]3CCCC[C@@H]32)c(OC)c1. The van der Waals surface area contributed by atoms with Gasteiger partial charge >= 0.3 is 0 Å². The first kappa shape index (κ1) is 20.5. The van der Waals surface area contributed by atoms with Crippen molar-refractivity contribution in [2.24, 2.45) is 5.92 Å². The Morgan fingerprint density at radius 1 is 1.25 bits per heavy atom. The summed E-state index contributed by atoms with van der Waals surface area (Å²) in [6, 6.07) is 7.68. The van der Waals surface area contributed by atoms with E-state index in [2.05, 4.69) is 16.3 Å². The minimum absolute atomic E-state index is 0.0747. The molecule has 6 heteroatoms. The fourth-order valence-electron chi connectivity index (χ4n) is 4.67. The third kappa shape index (κ3) is 4.59. The number of hydrogen-bond acceptors (Lipinski definition) is 5. The van der Waals surface area contributed by atoms with Gasteiger partial charge in [-0.05, 0) is 37.7 Å². The average molecular weight is 386 g/mol. The number of benzene rings is 1. The van der Waals surface area contributed by atoms with Crippen LogP contribution in [-0.2, 0) is 11.3 Å². The molecule has 6 nitrogen and oxygen atoms in total. The quantitative estimate of drug-likeness (QED) is 0.780. The average Bonchev–Trinajstić information content (AvgIpc) is 2.75. The predicted molar refractivity (Wildman–Crippen MR) is 107 cm³/mol. The molecule has 3 atom stereocenters. The minimum atomic E-state index is -0.488. The molecule has 1 N–H and O–H groups in total. The zero-order valence-corrected chi connectivity index (χ0v) is 16.9. The highest BCUT2D eigenvalue weighted by Gasteiger charge is 2.37. The number of hydrogen-bond donors (Lipinski definition) is 1. The van der Waals surface area contributed by atoms with E-state index in [1.807, 2.05) is 18.2 Å². The Morgan fingerprint density at radius 3 is 2.79 bits per heavy atom. The number of ether oxygens (including phenoxy) is 2. The van der Waals surface area contributed by atoms with E-state index in [0.717, 1.165) is 30.7 Å². The number of rotatable bonds is 7. The van der Waals surface area contributed by atoms with Crippen molar-refractivity contribution in [3.63, 3.8) is 0 Å². The van der Waals surface area contributed by atoms with Crippen LogP contribution in [-0.4, -0.2) is 43.7 Å². The molecule has 0 radical (unpaired) electrons. The summed E-state index contributed by atoms with van der Waals surface area (Å²) in [6.45, 7) is 1.28. The normalized spacial score (nSPS) is 22.7. The smallest absolute Gasteiger partial charge is 0.241 e. The highest BCUT2D eigenvalue weighted by atomic mass is 16.5. The van der Waals surface area contributed by atoms with Crippen molar-refractivity contribution >= 4 is 5.91 Å². The predicted octanol–water partition coefficient (Wildman–Crippen LogP) is 3.26. The van der Waals surface area contributed by atoms with Gasteiger partial charge in [-0.2, -0.15) is 5.26 Å². The maximum atomic E-state index is 13.3. The Balaban J connectivity index is 1.69. The summed E-state index contributed by atoms with van der Waals surface area (Å²) in [4.78, 5) is 15.3. The molecule has 1 aliphatic carbocycles. The first-order valence-electron chi connectivity index (χ1n) is 10.3. The van der Waals surface area contributed by atoms with Crippen LogP contribution in [0.15, 0.2) is 18.2 Å². The van der Waals surface area contributed by atoms with E-state index >= 15 is 0 Å². The highest BCUT2D eigenvalue weighted by molar-refractivity contribution is 5.82. The van der Waals surface area contributed by atoms with Gasteiger partial charge in [0.25, 0.3) is 0 Å². The molecule has 1 heterocycles. The summed E-state index contributed by atoms with van der Waals surface area (Å²) in [5.41, 5.74) is 0.938. The Kier molecular flexibility index (Phi) is 7.16. The molecule has 152 valence electrons. The van der Waals surface area contributed by atoms with Crippen LogP contribution in [0.5, 0.6) is 11.5 Å². The Labute approximate surface area is 167 Å². The number of nitrogens with one attached hydrogen (secondary N) is 1. The highest BCUT2D eigenvalue weighted by Crippen LogP contribution is 2.35. The second kappa shape index (κ2) is 9.79. The lowest BCUT2D eigenvalue weighted by atomic mass is 9.78. The van der Waals surface area contributed by atoms with Crippen LogP contribution in [0, 0.1) is 17.2 Å². The molecule has 3 rings (SSSR count). The van der Waals surface area contributed by atoms with Gasteiger partial charge in [0.1, 0.15) is 17.5 Å². The van der Waals surface area contributed by atoms with Crippen molar-refractivity contribution in [2.75, 3.05) is 20.8 Å². The minimum Gasteiger partial charge on any atom is -0.497 e. The van der Waals surface area contributed by atoms with Crippen LogP contribution >= 0.6 is 0 Å². The molecule has 1 aliphatic heterocycles. The van der Waals surface area contributed by atoms with Crippen LogP contribution in [0.2, 0.25) is 0 Å². The lowest BCUT2D eigenvalue weighted by Gasteiger charge is -2.45. The van der Waals surface area contributed by atoms with Gasteiger partial charge in [-0.3, -0.25) is 4.79 Å². The van der Waals surface area contributed by atoms with E-state index in [-0.39, 0.29) is 12.3 Å². The number of carbonyl (C=O) groups is 1. The third-order valence-corrected chi connectivity index (χ3v) is 6.15. The second-order valence-corrected chi connectivity index (χ2v) is 7.76. The molecular formula is C22H31N3O3. The molecule has 0 aromatic heterocycles. The number of carbonyl (C=O) groups excluding carboxylic acids is 1. The molecule has 0 bridgehead atoms. The number of nitriles is 1. The van der Waals surface area contributed by atoms with Crippen molar-refractivity contribution in [3.05, 3.63) is 23.8 Å². The van der Waals surface area contributed by atoms with Crippen molar-refractivity contribution < 1.29 is 14.3 Å². The van der Waals surface area contributed by atoms with Gasteiger partial charge < -0.3 is 19.7 Å². The van der Waals surface area contributed by atoms with E-state index in [4.69, 9.17) is 9.47 Å². The summed E-state index contributed by atoms with van der Waals surface area (Å²) < 4.78 is 10.7. The molecule has 0 spiro atoms. The van der Waals surface area contributed by atoms with Crippen LogP contribution in [0.25, 0.3) is 0 Å². The summed E-state index contributed by atoms with van der Waals surface area (Å²) in [5.74, 6) is 2.14. The number of likely N-dealkylation sites (tertiary alicyclic amines) is 1. The lowest BCUT2D eigenvalue weighted by Crippen LogP contribution is -2.55. The van der Waals surface area contributed by atoms with Crippen molar-refractivity contribution in [3.8, 4) is 17.6 Å². The Morgan fingerprint density at radius 2 is 2.04 bits per heavy atom. The molecule has 2 fully saturated rings. The monoisotopic (exact) mass is 385 g/mol. The maximum Gasteiger partial charge on any atom is 0.241 e. The maximum absolute atomic E-state index is 13.3. The van der Waals surface area contributed by atoms with Crippen molar-refractivity contribution in [1.82, 2.24) is 10.2 Å². The molecule has 2 aliphatic rings. The number of fused-ring (bicyclic) bond motifs is 1. The third-order valence-electron chi connectivity index (χ3n) is 6.15. The second-order valence-electron chi connectivity index (χ2n) is 7.76. The van der Waals surface area contributed by atoms with E-state index in [0.29, 0.717) is 24.3 Å². The standard InChI is InChI=1S/C22H31N3O3/c1-27-18-10-9-17(21(14-18)28-2)15-24-19(11-12-23)22(26)25-13-5-7-16-6-3-4-8-20(16)25/h9-10,14,16,19-20,24H,3-8,11,13,15H2,1-2H3/t16-,19-,20+/m1/s1. The Hall–Kier alpha value is -2.26. The van der Waals surface area contributed by atoms with Crippen LogP contribution in [0.4, 0.5) is 0 Å². The summed E-state index contributed by atoms with van der Waals surface area (Å²) >= 11 is 0. The van der Waals surface area contributed by atoms with Gasteiger partial charge in [-0.1, -0.05) is 18.9 Å². The molecule has 1 amide bonds. The van der Waals surface area contributed by atoms with Crippen molar-refractivity contribution in [1.29, 1.82) is 5.26 Å². The molecule has 0 unspecified atom stereocenters. The molecule has 1 aromatic carbocycles. The lowest BCUT2D eigenvalue weighted by molar-refractivity contribution is -0.139. The van der Waals surface area contributed by atoms with E-state index < -0.39 is 6.04 Å². The molecule has 28 heavy (non-hydrogen) atoms. The van der Waals surface area contributed by atoms with E-state index in [1.165, 1.54) is 25.7 Å². The number of methoxy groups -OCH3 is 2. The van der Waals surface area contributed by atoms with Gasteiger partial charge in [0, 0.05) is 30.8 Å². The first-order valence-corrected chi connectivity index (χ1v) is 10.3.